The van der Waals surface area contributed by atoms with Crippen LogP contribution in [0.15, 0.2) is 18.2 Å². The van der Waals surface area contributed by atoms with Crippen LogP contribution in [0.25, 0.3) is 0 Å². The van der Waals surface area contributed by atoms with Crippen molar-refractivity contribution < 1.29 is 9.18 Å². The predicted molar refractivity (Wildman–Crippen MR) is 74.0 cm³/mol. The molecule has 1 heterocycles. The molecule has 1 fully saturated rings. The van der Waals surface area contributed by atoms with Crippen LogP contribution in [0, 0.1) is 11.7 Å². The maximum absolute atomic E-state index is 13.4. The Kier molecular flexibility index (Phi) is 4.77. The Bertz CT molecular complexity index is 459. The van der Waals surface area contributed by atoms with Crippen molar-refractivity contribution in [3.8, 4) is 0 Å². The number of nitrogens with zero attached hydrogens (tertiary/aromatic N) is 1. The summed E-state index contributed by atoms with van der Waals surface area (Å²) in [6, 6.07) is 4.22. The summed E-state index contributed by atoms with van der Waals surface area (Å²) in [5, 5.41) is 3.20. The number of hydrogen-bond acceptors (Lipinski definition) is 2. The average Bonchev–Trinajstić information content (AvgIpc) is 2.42. The first-order valence-corrected chi connectivity index (χ1v) is 6.88. The lowest BCUT2D eigenvalue weighted by atomic mass is 9.96. The zero-order valence-corrected chi connectivity index (χ0v) is 11.7. The second kappa shape index (κ2) is 6.35. The van der Waals surface area contributed by atoms with E-state index >= 15 is 0 Å². The van der Waals surface area contributed by atoms with Gasteiger partial charge < -0.3 is 10.2 Å². The van der Waals surface area contributed by atoms with Gasteiger partial charge in [-0.25, -0.2) is 4.39 Å². The highest BCUT2D eigenvalue weighted by atomic mass is 35.5. The minimum atomic E-state index is -0.544. The zero-order valence-electron chi connectivity index (χ0n) is 11.0. The topological polar surface area (TPSA) is 32.3 Å². The molecular formula is C14H18ClFN2O. The van der Waals surface area contributed by atoms with E-state index in [9.17, 15) is 9.18 Å². The number of hydrogen-bond donors (Lipinski definition) is 1. The van der Waals surface area contributed by atoms with Crippen LogP contribution >= 0.6 is 11.6 Å². The van der Waals surface area contributed by atoms with Crippen molar-refractivity contribution in [3.05, 3.63) is 34.6 Å². The first-order chi connectivity index (χ1) is 9.11. The minimum Gasteiger partial charge on any atom is -0.339 e. The van der Waals surface area contributed by atoms with E-state index in [4.69, 9.17) is 11.6 Å². The van der Waals surface area contributed by atoms with Gasteiger partial charge in [-0.2, -0.15) is 0 Å². The quantitative estimate of drug-likeness (QED) is 0.925. The van der Waals surface area contributed by atoms with Crippen LogP contribution in [0.5, 0.6) is 0 Å². The Morgan fingerprint density at radius 2 is 2.16 bits per heavy atom. The van der Waals surface area contributed by atoms with E-state index in [0.717, 1.165) is 32.5 Å². The molecule has 0 spiro atoms. The molecule has 104 valence electrons. The van der Waals surface area contributed by atoms with Gasteiger partial charge in [0, 0.05) is 18.7 Å². The van der Waals surface area contributed by atoms with Gasteiger partial charge in [-0.3, -0.25) is 4.79 Å². The molecule has 1 aromatic carbocycles. The monoisotopic (exact) mass is 284 g/mol. The molecule has 1 aromatic rings. The SMILES string of the molecule is CNCC1CCN(C(=O)c2ccc(Cl)c(F)c2)CC1. The Morgan fingerprint density at radius 3 is 2.74 bits per heavy atom. The molecule has 1 aliphatic rings. The summed E-state index contributed by atoms with van der Waals surface area (Å²) < 4.78 is 13.4. The van der Waals surface area contributed by atoms with E-state index in [1.165, 1.54) is 12.1 Å². The van der Waals surface area contributed by atoms with Gasteiger partial charge in [-0.05, 0) is 50.6 Å². The van der Waals surface area contributed by atoms with Crippen molar-refractivity contribution >= 4 is 17.5 Å². The van der Waals surface area contributed by atoms with E-state index < -0.39 is 5.82 Å². The highest BCUT2D eigenvalue weighted by Gasteiger charge is 2.23. The van der Waals surface area contributed by atoms with Crippen LogP contribution in [0.4, 0.5) is 4.39 Å². The van der Waals surface area contributed by atoms with Gasteiger partial charge in [0.05, 0.1) is 5.02 Å². The van der Waals surface area contributed by atoms with Crippen molar-refractivity contribution in [1.82, 2.24) is 10.2 Å². The van der Waals surface area contributed by atoms with E-state index in [0.29, 0.717) is 11.5 Å². The summed E-state index contributed by atoms with van der Waals surface area (Å²) in [4.78, 5) is 14.0. The standard InChI is InChI=1S/C14H18ClFN2O/c1-17-9-10-4-6-18(7-5-10)14(19)11-2-3-12(15)13(16)8-11/h2-3,8,10,17H,4-7,9H2,1H3. The molecule has 19 heavy (non-hydrogen) atoms. The van der Waals surface area contributed by atoms with Crippen LogP contribution in [0.1, 0.15) is 23.2 Å². The molecule has 2 rings (SSSR count). The lowest BCUT2D eigenvalue weighted by Gasteiger charge is -2.32. The lowest BCUT2D eigenvalue weighted by Crippen LogP contribution is -2.40. The van der Waals surface area contributed by atoms with Crippen LogP contribution in [0.2, 0.25) is 5.02 Å². The van der Waals surface area contributed by atoms with Gasteiger partial charge in [-0.15, -0.1) is 0 Å². The van der Waals surface area contributed by atoms with E-state index in [-0.39, 0.29) is 10.9 Å². The highest BCUT2D eigenvalue weighted by molar-refractivity contribution is 6.30. The number of carbonyl (C=O) groups excluding carboxylic acids is 1. The van der Waals surface area contributed by atoms with Gasteiger partial charge in [-0.1, -0.05) is 11.6 Å². The second-order valence-electron chi connectivity index (χ2n) is 4.92. The number of halogens is 2. The minimum absolute atomic E-state index is 0.0456. The molecule has 3 nitrogen and oxygen atoms in total. The normalized spacial score (nSPS) is 16.7. The lowest BCUT2D eigenvalue weighted by molar-refractivity contribution is 0.0690. The molecule has 0 aliphatic carbocycles. The molecule has 0 bridgehead atoms. The molecule has 0 unspecified atom stereocenters. The summed E-state index contributed by atoms with van der Waals surface area (Å²) in [5.41, 5.74) is 0.369. The molecule has 1 amide bonds. The number of amides is 1. The molecular weight excluding hydrogens is 267 g/mol. The summed E-state index contributed by atoms with van der Waals surface area (Å²) in [6.07, 6.45) is 1.98. The van der Waals surface area contributed by atoms with Gasteiger partial charge >= 0.3 is 0 Å². The fraction of sp³-hybridized carbons (Fsp3) is 0.500. The Labute approximate surface area is 117 Å². The molecule has 0 aromatic heterocycles. The Balaban J connectivity index is 1.99. The van der Waals surface area contributed by atoms with E-state index in [2.05, 4.69) is 5.32 Å². The first-order valence-electron chi connectivity index (χ1n) is 6.50. The third-order valence-corrected chi connectivity index (χ3v) is 3.87. The molecule has 1 saturated heterocycles. The van der Waals surface area contributed by atoms with Gasteiger partial charge in [0.2, 0.25) is 0 Å². The highest BCUT2D eigenvalue weighted by Crippen LogP contribution is 2.20. The Morgan fingerprint density at radius 1 is 1.47 bits per heavy atom. The number of rotatable bonds is 3. The summed E-state index contributed by atoms with van der Waals surface area (Å²) in [5.74, 6) is -0.0351. The van der Waals surface area contributed by atoms with Gasteiger partial charge in [0.25, 0.3) is 5.91 Å². The van der Waals surface area contributed by atoms with Crippen molar-refractivity contribution in [1.29, 1.82) is 0 Å². The number of nitrogens with one attached hydrogen (secondary N) is 1. The summed E-state index contributed by atoms with van der Waals surface area (Å²) in [6.45, 7) is 2.45. The molecule has 5 heteroatoms. The number of likely N-dealkylation sites (tertiary alicyclic amines) is 1. The third-order valence-electron chi connectivity index (χ3n) is 3.56. The number of carbonyl (C=O) groups is 1. The maximum Gasteiger partial charge on any atom is 0.253 e. The third kappa shape index (κ3) is 3.45. The fourth-order valence-electron chi connectivity index (χ4n) is 2.44. The first kappa shape index (κ1) is 14.3. The Hall–Kier alpha value is -1.13. The predicted octanol–water partition coefficient (Wildman–Crippen LogP) is 2.55. The van der Waals surface area contributed by atoms with Crippen molar-refractivity contribution in [2.24, 2.45) is 5.92 Å². The molecule has 0 radical (unpaired) electrons. The summed E-state index contributed by atoms with van der Waals surface area (Å²) in [7, 11) is 1.94. The van der Waals surface area contributed by atoms with Crippen molar-refractivity contribution in [3.63, 3.8) is 0 Å². The summed E-state index contributed by atoms with van der Waals surface area (Å²) >= 11 is 5.62. The van der Waals surface area contributed by atoms with Gasteiger partial charge in [0.1, 0.15) is 5.82 Å². The van der Waals surface area contributed by atoms with E-state index in [1.807, 2.05) is 7.05 Å². The largest absolute Gasteiger partial charge is 0.339 e. The van der Waals surface area contributed by atoms with Crippen LogP contribution in [-0.2, 0) is 0 Å². The molecule has 1 N–H and O–H groups in total. The van der Waals surface area contributed by atoms with Gasteiger partial charge in [0.15, 0.2) is 0 Å². The average molecular weight is 285 g/mol. The molecule has 1 aliphatic heterocycles. The van der Waals surface area contributed by atoms with Crippen LogP contribution < -0.4 is 5.32 Å². The number of benzene rings is 1. The maximum atomic E-state index is 13.4. The zero-order chi connectivity index (χ0) is 13.8. The molecule has 0 atom stereocenters. The smallest absolute Gasteiger partial charge is 0.253 e. The second-order valence-corrected chi connectivity index (χ2v) is 5.33. The van der Waals surface area contributed by atoms with E-state index in [1.54, 1.807) is 11.0 Å². The molecule has 0 saturated carbocycles. The van der Waals surface area contributed by atoms with Crippen LogP contribution in [0.3, 0.4) is 0 Å². The van der Waals surface area contributed by atoms with Crippen molar-refractivity contribution in [2.75, 3.05) is 26.7 Å². The fourth-order valence-corrected chi connectivity index (χ4v) is 2.56. The van der Waals surface area contributed by atoms with Crippen molar-refractivity contribution in [2.45, 2.75) is 12.8 Å². The van der Waals surface area contributed by atoms with Crippen LogP contribution in [-0.4, -0.2) is 37.5 Å². The number of piperidine rings is 1.